The first-order valence-corrected chi connectivity index (χ1v) is 8.29. The molecule has 0 aromatic heterocycles. The van der Waals surface area contributed by atoms with Crippen molar-refractivity contribution in [2.24, 2.45) is 5.10 Å². The number of halogens is 1. The number of rotatable bonds is 5. The molecule has 0 spiro atoms. The van der Waals surface area contributed by atoms with E-state index in [-0.39, 0.29) is 11.8 Å². The van der Waals surface area contributed by atoms with Gasteiger partial charge in [-0.25, -0.2) is 5.43 Å². The molecule has 2 aromatic rings. The van der Waals surface area contributed by atoms with Gasteiger partial charge in [0.2, 0.25) is 5.91 Å². The summed E-state index contributed by atoms with van der Waals surface area (Å²) < 4.78 is 0.985. The second-order valence-corrected chi connectivity index (χ2v) is 6.04. The number of nitrogens with one attached hydrogen (secondary N) is 2. The van der Waals surface area contributed by atoms with Crippen LogP contribution in [0.5, 0.6) is 0 Å². The topological polar surface area (TPSA) is 70.6 Å². The second kappa shape index (κ2) is 8.40. The predicted octanol–water partition coefficient (Wildman–Crippen LogP) is 3.95. The van der Waals surface area contributed by atoms with Gasteiger partial charge >= 0.3 is 0 Å². The van der Waals surface area contributed by atoms with E-state index in [1.807, 2.05) is 31.2 Å². The van der Waals surface area contributed by atoms with E-state index in [1.54, 1.807) is 31.2 Å². The van der Waals surface area contributed by atoms with Crippen molar-refractivity contribution >= 4 is 39.1 Å². The van der Waals surface area contributed by atoms with E-state index in [1.165, 1.54) is 0 Å². The first kappa shape index (κ1) is 17.9. The van der Waals surface area contributed by atoms with Gasteiger partial charge in [-0.1, -0.05) is 35.0 Å². The van der Waals surface area contributed by atoms with Gasteiger partial charge in [0.1, 0.15) is 0 Å². The summed E-state index contributed by atoms with van der Waals surface area (Å²) in [7, 11) is 0. The Bertz CT molecular complexity index is 753. The van der Waals surface area contributed by atoms with Crippen molar-refractivity contribution in [3.05, 3.63) is 64.1 Å². The van der Waals surface area contributed by atoms with Crippen LogP contribution in [0.1, 0.15) is 36.2 Å². The number of hydrogen-bond acceptors (Lipinski definition) is 3. The van der Waals surface area contributed by atoms with Crippen LogP contribution in [0.3, 0.4) is 0 Å². The highest BCUT2D eigenvalue weighted by atomic mass is 79.9. The zero-order valence-corrected chi connectivity index (χ0v) is 15.1. The molecule has 0 aliphatic rings. The maximum atomic E-state index is 12.1. The lowest BCUT2D eigenvalue weighted by Gasteiger charge is -2.06. The predicted molar refractivity (Wildman–Crippen MR) is 99.2 cm³/mol. The van der Waals surface area contributed by atoms with Crippen LogP contribution >= 0.6 is 15.9 Å². The third kappa shape index (κ3) is 5.03. The lowest BCUT2D eigenvalue weighted by Crippen LogP contribution is -2.19. The smallest absolute Gasteiger partial charge is 0.271 e. The van der Waals surface area contributed by atoms with Crippen molar-refractivity contribution in [1.82, 2.24) is 5.43 Å². The Morgan fingerprint density at radius 2 is 1.58 bits per heavy atom. The number of nitrogens with zero attached hydrogens (tertiary/aromatic N) is 1. The van der Waals surface area contributed by atoms with Crippen LogP contribution in [0, 0.1) is 0 Å². The summed E-state index contributed by atoms with van der Waals surface area (Å²) in [6.45, 7) is 3.61. The van der Waals surface area contributed by atoms with Crippen LogP contribution in [-0.2, 0) is 4.79 Å². The first-order valence-electron chi connectivity index (χ1n) is 7.50. The summed E-state index contributed by atoms with van der Waals surface area (Å²) in [6, 6.07) is 14.3. The molecule has 0 aliphatic heterocycles. The summed E-state index contributed by atoms with van der Waals surface area (Å²) in [4.78, 5) is 23.4. The molecule has 0 fully saturated rings. The Morgan fingerprint density at radius 3 is 2.17 bits per heavy atom. The van der Waals surface area contributed by atoms with Crippen LogP contribution in [0.25, 0.3) is 0 Å². The van der Waals surface area contributed by atoms with Gasteiger partial charge in [0.15, 0.2) is 0 Å². The molecule has 0 heterocycles. The molecule has 5 nitrogen and oxygen atoms in total. The average Bonchev–Trinajstić information content (AvgIpc) is 2.60. The lowest BCUT2D eigenvalue weighted by atomic mass is 10.1. The molecular formula is C18H18BrN3O2. The van der Waals surface area contributed by atoms with Crippen LogP contribution < -0.4 is 10.7 Å². The molecule has 2 amide bonds. The third-order valence-corrected chi connectivity index (χ3v) is 3.87. The normalized spacial score (nSPS) is 11.0. The van der Waals surface area contributed by atoms with Gasteiger partial charge in [0.05, 0.1) is 5.71 Å². The van der Waals surface area contributed by atoms with Crippen LogP contribution in [0.4, 0.5) is 5.69 Å². The van der Waals surface area contributed by atoms with Crippen molar-refractivity contribution in [2.75, 3.05) is 5.32 Å². The molecule has 0 radical (unpaired) electrons. The summed E-state index contributed by atoms with van der Waals surface area (Å²) in [5.74, 6) is -0.373. The average molecular weight is 388 g/mol. The van der Waals surface area contributed by atoms with Gasteiger partial charge in [-0.2, -0.15) is 5.10 Å². The van der Waals surface area contributed by atoms with E-state index < -0.39 is 0 Å². The van der Waals surface area contributed by atoms with Crippen molar-refractivity contribution in [3.63, 3.8) is 0 Å². The van der Waals surface area contributed by atoms with E-state index in [0.29, 0.717) is 23.4 Å². The molecule has 0 saturated carbocycles. The highest BCUT2D eigenvalue weighted by Gasteiger charge is 2.06. The molecule has 0 aliphatic carbocycles. The zero-order valence-electron chi connectivity index (χ0n) is 13.5. The van der Waals surface area contributed by atoms with Gasteiger partial charge in [0.25, 0.3) is 5.91 Å². The van der Waals surface area contributed by atoms with Gasteiger partial charge in [-0.15, -0.1) is 0 Å². The molecule has 2 rings (SSSR count). The van der Waals surface area contributed by atoms with E-state index in [2.05, 4.69) is 31.8 Å². The van der Waals surface area contributed by atoms with Crippen LogP contribution in [0.2, 0.25) is 0 Å². The van der Waals surface area contributed by atoms with E-state index in [4.69, 9.17) is 0 Å². The zero-order chi connectivity index (χ0) is 17.5. The summed E-state index contributed by atoms with van der Waals surface area (Å²) in [5, 5.41) is 6.85. The number of hydrazone groups is 1. The van der Waals surface area contributed by atoms with Crippen LogP contribution in [-0.4, -0.2) is 17.5 Å². The number of hydrogen-bond donors (Lipinski definition) is 2. The molecule has 0 bridgehead atoms. The Labute approximate surface area is 149 Å². The van der Waals surface area contributed by atoms with E-state index >= 15 is 0 Å². The minimum absolute atomic E-state index is 0.0677. The maximum Gasteiger partial charge on any atom is 0.271 e. The third-order valence-electron chi connectivity index (χ3n) is 3.34. The number of benzene rings is 2. The van der Waals surface area contributed by atoms with Gasteiger partial charge < -0.3 is 5.32 Å². The fourth-order valence-corrected chi connectivity index (χ4v) is 2.17. The molecule has 124 valence electrons. The monoisotopic (exact) mass is 387 g/mol. The highest BCUT2D eigenvalue weighted by molar-refractivity contribution is 9.10. The number of amides is 2. The van der Waals surface area contributed by atoms with Crippen molar-refractivity contribution in [3.8, 4) is 0 Å². The van der Waals surface area contributed by atoms with Gasteiger partial charge in [0, 0.05) is 22.1 Å². The minimum atomic E-state index is -0.306. The molecule has 0 unspecified atom stereocenters. The summed E-state index contributed by atoms with van der Waals surface area (Å²) >= 11 is 3.38. The van der Waals surface area contributed by atoms with Crippen LogP contribution in [0.15, 0.2) is 58.1 Å². The molecule has 2 N–H and O–H groups in total. The van der Waals surface area contributed by atoms with E-state index in [9.17, 15) is 9.59 Å². The van der Waals surface area contributed by atoms with E-state index in [0.717, 1.165) is 10.0 Å². The Kier molecular flexibility index (Phi) is 6.26. The number of carbonyl (C=O) groups excluding carboxylic acids is 2. The SMILES string of the molecule is CCC(=O)Nc1ccc(C(=O)N/N=C(\C)c2ccc(Br)cc2)cc1. The quantitative estimate of drug-likeness (QED) is 0.602. The fraction of sp³-hybridized carbons (Fsp3) is 0.167. The first-order chi connectivity index (χ1) is 11.5. The van der Waals surface area contributed by atoms with Crippen molar-refractivity contribution < 1.29 is 9.59 Å². The molecule has 0 atom stereocenters. The Hall–Kier alpha value is -2.47. The highest BCUT2D eigenvalue weighted by Crippen LogP contribution is 2.12. The molecule has 6 heteroatoms. The van der Waals surface area contributed by atoms with Gasteiger partial charge in [-0.05, 0) is 48.9 Å². The largest absolute Gasteiger partial charge is 0.326 e. The fourth-order valence-electron chi connectivity index (χ4n) is 1.91. The van der Waals surface area contributed by atoms with Crippen molar-refractivity contribution in [1.29, 1.82) is 0 Å². The minimum Gasteiger partial charge on any atom is -0.326 e. The Balaban J connectivity index is 2.00. The molecule has 0 saturated heterocycles. The lowest BCUT2D eigenvalue weighted by molar-refractivity contribution is -0.115. The number of anilines is 1. The number of carbonyl (C=O) groups is 2. The summed E-state index contributed by atoms with van der Waals surface area (Å²) in [6.07, 6.45) is 0.409. The van der Waals surface area contributed by atoms with Gasteiger partial charge in [-0.3, -0.25) is 9.59 Å². The molecule has 2 aromatic carbocycles. The molecule has 24 heavy (non-hydrogen) atoms. The van der Waals surface area contributed by atoms with Crippen molar-refractivity contribution in [2.45, 2.75) is 20.3 Å². The second-order valence-electron chi connectivity index (χ2n) is 5.12. The summed E-state index contributed by atoms with van der Waals surface area (Å²) in [5.41, 5.74) is 5.30. The maximum absolute atomic E-state index is 12.1. The molecular weight excluding hydrogens is 370 g/mol. The Morgan fingerprint density at radius 1 is 1.00 bits per heavy atom. The standard InChI is InChI=1S/C18H18BrN3O2/c1-3-17(23)20-16-10-6-14(7-11-16)18(24)22-21-12(2)13-4-8-15(19)9-5-13/h4-11H,3H2,1-2H3,(H,20,23)(H,22,24)/b21-12+.